The van der Waals surface area contributed by atoms with Crippen LogP contribution in [0.25, 0.3) is 10.8 Å². The molecule has 3 aromatic rings. The van der Waals surface area contributed by atoms with E-state index in [1.54, 1.807) is 55.6 Å². The van der Waals surface area contributed by atoms with Crippen molar-refractivity contribution >= 4 is 22.4 Å². The van der Waals surface area contributed by atoms with Gasteiger partial charge in [-0.05, 0) is 32.0 Å². The molecule has 0 atom stereocenters. The molecule has 0 unspecified atom stereocenters. The fourth-order valence-electron chi connectivity index (χ4n) is 2.62. The predicted octanol–water partition coefficient (Wildman–Crippen LogP) is 3.24. The maximum atomic E-state index is 12.8. The number of nitrogens with zero attached hydrogens (tertiary/aromatic N) is 2. The van der Waals surface area contributed by atoms with E-state index in [0.717, 1.165) is 0 Å². The van der Waals surface area contributed by atoms with Crippen molar-refractivity contribution < 1.29 is 9.53 Å². The third kappa shape index (κ3) is 3.24. The van der Waals surface area contributed by atoms with Gasteiger partial charge < -0.3 is 10.1 Å². The van der Waals surface area contributed by atoms with Crippen molar-refractivity contribution in [2.24, 2.45) is 0 Å². The van der Waals surface area contributed by atoms with Crippen LogP contribution in [0.1, 0.15) is 30.4 Å². The molecule has 1 amide bonds. The number of amides is 1. The molecule has 0 bridgehead atoms. The molecule has 3 rings (SSSR count). The van der Waals surface area contributed by atoms with E-state index < -0.39 is 0 Å². The third-order valence-electron chi connectivity index (χ3n) is 3.86. The fourth-order valence-corrected chi connectivity index (χ4v) is 2.62. The molecule has 6 heteroatoms. The van der Waals surface area contributed by atoms with Gasteiger partial charge in [0, 0.05) is 17.1 Å². The monoisotopic (exact) mass is 337 g/mol. The number of fused-ring (bicyclic) bond motifs is 1. The first-order chi connectivity index (χ1) is 12.0. The van der Waals surface area contributed by atoms with Crippen LogP contribution in [0.5, 0.6) is 5.75 Å². The zero-order valence-corrected chi connectivity index (χ0v) is 14.3. The van der Waals surface area contributed by atoms with Gasteiger partial charge in [0.15, 0.2) is 5.69 Å². The van der Waals surface area contributed by atoms with Gasteiger partial charge >= 0.3 is 0 Å². The molecule has 1 N–H and O–H groups in total. The summed E-state index contributed by atoms with van der Waals surface area (Å²) < 4.78 is 6.50. The van der Waals surface area contributed by atoms with E-state index in [0.29, 0.717) is 22.2 Å². The van der Waals surface area contributed by atoms with Crippen LogP contribution >= 0.6 is 0 Å². The number of hydrogen-bond acceptors (Lipinski definition) is 4. The van der Waals surface area contributed by atoms with Crippen molar-refractivity contribution in [2.75, 3.05) is 12.4 Å². The SMILES string of the molecule is COc1cccc(NC(=O)c2nn(C(C)C)c(=O)c3ccccc23)c1. The predicted molar refractivity (Wildman–Crippen MR) is 97.3 cm³/mol. The lowest BCUT2D eigenvalue weighted by Gasteiger charge is -2.13. The molecule has 0 aliphatic rings. The second-order valence-electron chi connectivity index (χ2n) is 5.92. The van der Waals surface area contributed by atoms with E-state index in [4.69, 9.17) is 4.74 Å². The highest BCUT2D eigenvalue weighted by atomic mass is 16.5. The lowest BCUT2D eigenvalue weighted by molar-refractivity contribution is 0.102. The molecule has 128 valence electrons. The van der Waals surface area contributed by atoms with Gasteiger partial charge in [-0.3, -0.25) is 9.59 Å². The van der Waals surface area contributed by atoms with Gasteiger partial charge in [0.05, 0.1) is 18.5 Å². The Kier molecular flexibility index (Phi) is 4.52. The summed E-state index contributed by atoms with van der Waals surface area (Å²) in [6, 6.07) is 13.9. The van der Waals surface area contributed by atoms with Crippen molar-refractivity contribution in [3.63, 3.8) is 0 Å². The van der Waals surface area contributed by atoms with Crippen LogP contribution in [-0.4, -0.2) is 22.8 Å². The Morgan fingerprint density at radius 2 is 1.84 bits per heavy atom. The minimum absolute atomic E-state index is 0.152. The Labute approximate surface area is 145 Å². The molecule has 0 aliphatic heterocycles. The van der Waals surface area contributed by atoms with Gasteiger partial charge in [-0.2, -0.15) is 5.10 Å². The molecular weight excluding hydrogens is 318 g/mol. The quantitative estimate of drug-likeness (QED) is 0.793. The van der Waals surface area contributed by atoms with E-state index in [9.17, 15) is 9.59 Å². The summed E-state index contributed by atoms with van der Waals surface area (Å²) >= 11 is 0. The third-order valence-corrected chi connectivity index (χ3v) is 3.86. The molecule has 0 fully saturated rings. The van der Waals surface area contributed by atoms with Crippen LogP contribution in [0.15, 0.2) is 53.3 Å². The van der Waals surface area contributed by atoms with E-state index in [2.05, 4.69) is 10.4 Å². The number of ether oxygens (including phenoxy) is 1. The average molecular weight is 337 g/mol. The number of carbonyl (C=O) groups is 1. The van der Waals surface area contributed by atoms with Crippen molar-refractivity contribution in [3.8, 4) is 5.75 Å². The molecule has 25 heavy (non-hydrogen) atoms. The van der Waals surface area contributed by atoms with Crippen molar-refractivity contribution in [3.05, 3.63) is 64.6 Å². The Morgan fingerprint density at radius 1 is 1.12 bits per heavy atom. The fraction of sp³-hybridized carbons (Fsp3) is 0.211. The van der Waals surface area contributed by atoms with Crippen LogP contribution in [0, 0.1) is 0 Å². The molecule has 0 radical (unpaired) electrons. The first-order valence-electron chi connectivity index (χ1n) is 7.98. The highest BCUT2D eigenvalue weighted by molar-refractivity contribution is 6.11. The summed E-state index contributed by atoms with van der Waals surface area (Å²) in [5.74, 6) is 0.265. The minimum Gasteiger partial charge on any atom is -0.497 e. The molecule has 1 heterocycles. The lowest BCUT2D eigenvalue weighted by atomic mass is 10.1. The molecule has 1 aromatic heterocycles. The second-order valence-corrected chi connectivity index (χ2v) is 5.92. The van der Waals surface area contributed by atoms with Crippen LogP contribution in [0.2, 0.25) is 0 Å². The molecule has 0 spiro atoms. The van der Waals surface area contributed by atoms with Crippen molar-refractivity contribution in [1.82, 2.24) is 9.78 Å². The standard InChI is InChI=1S/C19H19N3O3/c1-12(2)22-19(24)16-10-5-4-9-15(16)17(21-22)18(23)20-13-7-6-8-14(11-13)25-3/h4-12H,1-3H3,(H,20,23). The van der Waals surface area contributed by atoms with Gasteiger partial charge in [-0.25, -0.2) is 4.68 Å². The summed E-state index contributed by atoms with van der Waals surface area (Å²) in [6.07, 6.45) is 0. The molecule has 0 saturated carbocycles. The molecule has 6 nitrogen and oxygen atoms in total. The Bertz CT molecular complexity index is 993. The number of nitrogens with one attached hydrogen (secondary N) is 1. The van der Waals surface area contributed by atoms with Gasteiger partial charge in [-0.1, -0.05) is 24.3 Å². The first kappa shape index (κ1) is 16.7. The Balaban J connectivity index is 2.09. The second kappa shape index (κ2) is 6.76. The number of methoxy groups -OCH3 is 1. The van der Waals surface area contributed by atoms with Crippen LogP contribution in [0.4, 0.5) is 5.69 Å². The number of benzene rings is 2. The van der Waals surface area contributed by atoms with Crippen molar-refractivity contribution in [2.45, 2.75) is 19.9 Å². The molecular formula is C19H19N3O3. The smallest absolute Gasteiger partial charge is 0.276 e. The number of hydrogen-bond donors (Lipinski definition) is 1. The normalized spacial score (nSPS) is 10.9. The lowest BCUT2D eigenvalue weighted by Crippen LogP contribution is -2.28. The van der Waals surface area contributed by atoms with E-state index in [1.165, 1.54) is 4.68 Å². The zero-order valence-electron chi connectivity index (χ0n) is 14.3. The Hall–Kier alpha value is -3.15. The summed E-state index contributed by atoms with van der Waals surface area (Å²) in [7, 11) is 1.56. The highest BCUT2D eigenvalue weighted by Crippen LogP contribution is 2.19. The molecule has 0 aliphatic carbocycles. The van der Waals surface area contributed by atoms with E-state index >= 15 is 0 Å². The van der Waals surface area contributed by atoms with Crippen molar-refractivity contribution in [1.29, 1.82) is 0 Å². The minimum atomic E-state index is -0.376. The summed E-state index contributed by atoms with van der Waals surface area (Å²) in [5.41, 5.74) is 0.604. The average Bonchev–Trinajstić information content (AvgIpc) is 2.62. The zero-order chi connectivity index (χ0) is 18.0. The van der Waals surface area contributed by atoms with Crippen LogP contribution in [0.3, 0.4) is 0 Å². The van der Waals surface area contributed by atoms with E-state index in [1.807, 2.05) is 13.8 Å². The first-order valence-corrected chi connectivity index (χ1v) is 7.98. The van der Waals surface area contributed by atoms with E-state index in [-0.39, 0.29) is 23.2 Å². The van der Waals surface area contributed by atoms with Crippen LogP contribution < -0.4 is 15.6 Å². The van der Waals surface area contributed by atoms with Gasteiger partial charge in [0.2, 0.25) is 0 Å². The molecule has 2 aromatic carbocycles. The van der Waals surface area contributed by atoms with Gasteiger partial charge in [0.1, 0.15) is 5.75 Å². The number of rotatable bonds is 4. The van der Waals surface area contributed by atoms with Gasteiger partial charge in [0.25, 0.3) is 11.5 Å². The summed E-state index contributed by atoms with van der Waals surface area (Å²) in [5, 5.41) is 8.12. The topological polar surface area (TPSA) is 73.2 Å². The van der Waals surface area contributed by atoms with Crippen LogP contribution in [-0.2, 0) is 0 Å². The number of carbonyl (C=O) groups excluding carboxylic acids is 1. The highest BCUT2D eigenvalue weighted by Gasteiger charge is 2.18. The largest absolute Gasteiger partial charge is 0.497 e. The molecule has 0 saturated heterocycles. The summed E-state index contributed by atoms with van der Waals surface area (Å²) in [6.45, 7) is 3.71. The number of aromatic nitrogens is 2. The summed E-state index contributed by atoms with van der Waals surface area (Å²) in [4.78, 5) is 25.3. The van der Waals surface area contributed by atoms with Gasteiger partial charge in [-0.15, -0.1) is 0 Å². The Morgan fingerprint density at radius 3 is 2.52 bits per heavy atom. The maximum Gasteiger partial charge on any atom is 0.276 e. The number of anilines is 1. The maximum absolute atomic E-state index is 12.8.